The maximum absolute atomic E-state index is 12.3. The third-order valence-electron chi connectivity index (χ3n) is 4.60. The summed E-state index contributed by atoms with van der Waals surface area (Å²) < 4.78 is 2.63. The zero-order valence-electron chi connectivity index (χ0n) is 16.1. The van der Waals surface area contributed by atoms with Crippen molar-refractivity contribution in [3.8, 4) is 5.69 Å². The van der Waals surface area contributed by atoms with Crippen LogP contribution in [-0.2, 0) is 0 Å². The van der Waals surface area contributed by atoms with Crippen molar-refractivity contribution in [2.75, 3.05) is 0 Å². The van der Waals surface area contributed by atoms with E-state index in [9.17, 15) is 14.9 Å². The molecule has 0 bridgehead atoms. The van der Waals surface area contributed by atoms with Crippen LogP contribution in [0, 0.1) is 30.9 Å². The Morgan fingerprint density at radius 1 is 1.17 bits per heavy atom. The number of nitrogens with zero attached hydrogens (tertiary/aromatic N) is 3. The largest absolute Gasteiger partial charge is 0.317 e. The number of hydrogen-bond acceptors (Lipinski definition) is 4. The van der Waals surface area contributed by atoms with Gasteiger partial charge in [-0.2, -0.15) is 5.10 Å². The first kappa shape index (κ1) is 20.5. The molecule has 0 spiro atoms. The van der Waals surface area contributed by atoms with Crippen LogP contribution in [0.15, 0.2) is 58.1 Å². The maximum atomic E-state index is 12.3. The van der Waals surface area contributed by atoms with Gasteiger partial charge >= 0.3 is 0 Å². The number of nitro groups is 1. The molecule has 1 amide bonds. The standard InChI is InChI=1S/C21H19BrN4O3/c1-13-8-9-17(26(28)29)11-20(13)25-14(2)10-16(15(25)3)12-23-24-21(27)18-6-4-5-7-19(18)22/h4-12H,1-3H3,(H,24,27)/b23-12-. The minimum atomic E-state index is -0.406. The van der Waals surface area contributed by atoms with E-state index >= 15 is 0 Å². The molecule has 3 rings (SSSR count). The summed E-state index contributed by atoms with van der Waals surface area (Å²) in [5.74, 6) is -0.322. The fourth-order valence-corrected chi connectivity index (χ4v) is 3.57. The Morgan fingerprint density at radius 2 is 1.90 bits per heavy atom. The van der Waals surface area contributed by atoms with Gasteiger partial charge in [0.1, 0.15) is 0 Å². The van der Waals surface area contributed by atoms with Crippen molar-refractivity contribution in [2.45, 2.75) is 20.8 Å². The van der Waals surface area contributed by atoms with Crippen LogP contribution in [0.5, 0.6) is 0 Å². The predicted octanol–water partition coefficient (Wildman–Crippen LogP) is 4.84. The average molecular weight is 455 g/mol. The van der Waals surface area contributed by atoms with Crippen LogP contribution in [-0.4, -0.2) is 21.6 Å². The average Bonchev–Trinajstić information content (AvgIpc) is 2.96. The molecule has 0 saturated carbocycles. The van der Waals surface area contributed by atoms with Gasteiger partial charge in [0, 0.05) is 33.6 Å². The van der Waals surface area contributed by atoms with E-state index in [4.69, 9.17) is 0 Å². The lowest BCUT2D eigenvalue weighted by Crippen LogP contribution is -2.18. The molecule has 1 aromatic heterocycles. The van der Waals surface area contributed by atoms with Crippen molar-refractivity contribution in [3.63, 3.8) is 0 Å². The van der Waals surface area contributed by atoms with Crippen LogP contribution in [0.1, 0.15) is 32.9 Å². The Morgan fingerprint density at radius 3 is 2.59 bits per heavy atom. The first-order chi connectivity index (χ1) is 13.8. The molecule has 7 nitrogen and oxygen atoms in total. The van der Waals surface area contributed by atoms with Gasteiger partial charge in [0.2, 0.25) is 0 Å². The van der Waals surface area contributed by atoms with E-state index in [0.717, 1.165) is 28.2 Å². The number of nitrogens with one attached hydrogen (secondary N) is 1. The smallest absolute Gasteiger partial charge is 0.272 e. The lowest BCUT2D eigenvalue weighted by molar-refractivity contribution is -0.384. The number of halogens is 1. The molecule has 0 fully saturated rings. The molecule has 0 radical (unpaired) electrons. The fraction of sp³-hybridized carbons (Fsp3) is 0.143. The SMILES string of the molecule is Cc1ccc([N+](=O)[O-])cc1-n1c(C)cc(/C=N\NC(=O)c2ccccc2Br)c1C. The number of hydrazone groups is 1. The summed E-state index contributed by atoms with van der Waals surface area (Å²) in [5.41, 5.74) is 7.29. The van der Waals surface area contributed by atoms with Crippen molar-refractivity contribution in [2.24, 2.45) is 5.10 Å². The van der Waals surface area contributed by atoms with Gasteiger partial charge < -0.3 is 4.57 Å². The topological polar surface area (TPSA) is 89.5 Å². The molecule has 8 heteroatoms. The van der Waals surface area contributed by atoms with Gasteiger partial charge in [-0.15, -0.1) is 0 Å². The van der Waals surface area contributed by atoms with E-state index in [1.165, 1.54) is 6.07 Å². The number of carbonyl (C=O) groups excluding carboxylic acids is 1. The molecule has 1 heterocycles. The van der Waals surface area contributed by atoms with Gasteiger partial charge in [0.25, 0.3) is 11.6 Å². The number of carbonyl (C=O) groups is 1. The minimum absolute atomic E-state index is 0.0361. The number of benzene rings is 2. The van der Waals surface area contributed by atoms with Gasteiger partial charge in [0.05, 0.1) is 22.4 Å². The number of nitro benzene ring substituents is 1. The Hall–Kier alpha value is -3.26. The highest BCUT2D eigenvalue weighted by Crippen LogP contribution is 2.26. The van der Waals surface area contributed by atoms with Crippen LogP contribution in [0.2, 0.25) is 0 Å². The van der Waals surface area contributed by atoms with Crippen LogP contribution >= 0.6 is 15.9 Å². The molecule has 0 saturated heterocycles. The Kier molecular flexibility index (Phi) is 5.93. The van der Waals surface area contributed by atoms with Crippen molar-refractivity contribution >= 4 is 33.7 Å². The third kappa shape index (κ3) is 4.27. The molecule has 3 aromatic rings. The number of aryl methyl sites for hydroxylation is 2. The van der Waals surface area contributed by atoms with Crippen molar-refractivity contribution in [1.29, 1.82) is 0 Å². The van der Waals surface area contributed by atoms with Crippen molar-refractivity contribution in [1.82, 2.24) is 9.99 Å². The van der Waals surface area contributed by atoms with Crippen LogP contribution in [0.3, 0.4) is 0 Å². The normalized spacial score (nSPS) is 11.0. The maximum Gasteiger partial charge on any atom is 0.272 e. The molecular formula is C21H19BrN4O3. The van der Waals surface area contributed by atoms with Crippen LogP contribution in [0.4, 0.5) is 5.69 Å². The highest BCUT2D eigenvalue weighted by molar-refractivity contribution is 9.10. The lowest BCUT2D eigenvalue weighted by Gasteiger charge is -2.12. The summed E-state index contributed by atoms with van der Waals surface area (Å²) in [4.78, 5) is 23.0. The van der Waals surface area contributed by atoms with Gasteiger partial charge in [0.15, 0.2) is 0 Å². The summed E-state index contributed by atoms with van der Waals surface area (Å²) in [7, 11) is 0. The zero-order valence-corrected chi connectivity index (χ0v) is 17.7. The number of aromatic nitrogens is 1. The van der Waals surface area contributed by atoms with Gasteiger partial charge in [-0.05, 0) is 60.5 Å². The Bertz CT molecular complexity index is 1130. The van der Waals surface area contributed by atoms with Gasteiger partial charge in [-0.3, -0.25) is 14.9 Å². The monoisotopic (exact) mass is 454 g/mol. The number of non-ortho nitro benzene ring substituents is 1. The molecule has 0 aliphatic heterocycles. The Labute approximate surface area is 176 Å². The number of amides is 1. The first-order valence-electron chi connectivity index (χ1n) is 8.82. The van der Waals surface area contributed by atoms with E-state index in [0.29, 0.717) is 10.0 Å². The van der Waals surface area contributed by atoms with Crippen LogP contribution < -0.4 is 5.43 Å². The van der Waals surface area contributed by atoms with E-state index in [2.05, 4.69) is 26.5 Å². The summed E-state index contributed by atoms with van der Waals surface area (Å²) in [6, 6.07) is 13.8. The van der Waals surface area contributed by atoms with Crippen LogP contribution in [0.25, 0.3) is 5.69 Å². The molecule has 2 aromatic carbocycles. The minimum Gasteiger partial charge on any atom is -0.317 e. The van der Waals surface area contributed by atoms with E-state index in [-0.39, 0.29) is 11.6 Å². The second-order valence-electron chi connectivity index (χ2n) is 6.57. The number of hydrogen-bond donors (Lipinski definition) is 1. The molecule has 0 aliphatic rings. The molecule has 0 unspecified atom stereocenters. The van der Waals surface area contributed by atoms with E-state index < -0.39 is 4.92 Å². The summed E-state index contributed by atoms with van der Waals surface area (Å²) in [6.45, 7) is 5.73. The summed E-state index contributed by atoms with van der Waals surface area (Å²) >= 11 is 3.34. The second-order valence-corrected chi connectivity index (χ2v) is 7.42. The predicted molar refractivity (Wildman–Crippen MR) is 116 cm³/mol. The van der Waals surface area contributed by atoms with Crippen molar-refractivity contribution in [3.05, 3.63) is 91.2 Å². The fourth-order valence-electron chi connectivity index (χ4n) is 3.11. The van der Waals surface area contributed by atoms with Gasteiger partial charge in [-0.1, -0.05) is 18.2 Å². The molecule has 29 heavy (non-hydrogen) atoms. The molecular weight excluding hydrogens is 436 g/mol. The van der Waals surface area contributed by atoms with E-state index in [1.807, 2.05) is 37.5 Å². The molecule has 148 valence electrons. The quantitative estimate of drug-likeness (QED) is 0.339. The molecule has 1 N–H and O–H groups in total. The highest BCUT2D eigenvalue weighted by Gasteiger charge is 2.15. The second kappa shape index (κ2) is 8.40. The van der Waals surface area contributed by atoms with Crippen molar-refractivity contribution < 1.29 is 9.72 Å². The zero-order chi connectivity index (χ0) is 21.1. The third-order valence-corrected chi connectivity index (χ3v) is 5.29. The van der Waals surface area contributed by atoms with E-state index in [1.54, 1.807) is 36.5 Å². The first-order valence-corrected chi connectivity index (χ1v) is 9.61. The lowest BCUT2D eigenvalue weighted by atomic mass is 10.1. The number of rotatable bonds is 5. The van der Waals surface area contributed by atoms with Gasteiger partial charge in [-0.25, -0.2) is 5.43 Å². The Balaban J connectivity index is 1.88. The molecule has 0 aliphatic carbocycles. The summed E-state index contributed by atoms with van der Waals surface area (Å²) in [6.07, 6.45) is 1.57. The highest BCUT2D eigenvalue weighted by atomic mass is 79.9. The molecule has 0 atom stereocenters. The summed E-state index contributed by atoms with van der Waals surface area (Å²) in [5, 5.41) is 15.2.